The maximum absolute atomic E-state index is 12.0. The highest BCUT2D eigenvalue weighted by Crippen LogP contribution is 2.14. The van der Waals surface area contributed by atoms with E-state index in [0.29, 0.717) is 6.54 Å². The van der Waals surface area contributed by atoms with Crippen molar-refractivity contribution >= 4 is 11.7 Å². The highest BCUT2D eigenvalue weighted by atomic mass is 16.2. The number of aryl methyl sites for hydroxylation is 1. The van der Waals surface area contributed by atoms with E-state index in [1.165, 1.54) is 0 Å². The average Bonchev–Trinajstić information content (AvgIpc) is 2.28. The summed E-state index contributed by atoms with van der Waals surface area (Å²) < 4.78 is 0. The molecule has 0 radical (unpaired) electrons. The van der Waals surface area contributed by atoms with E-state index in [0.717, 1.165) is 11.3 Å². The average molecular weight is 235 g/mol. The van der Waals surface area contributed by atoms with Crippen LogP contribution in [0, 0.1) is 6.92 Å². The molecule has 1 rings (SSSR count). The van der Waals surface area contributed by atoms with E-state index >= 15 is 0 Å². The standard InChI is InChI=1S/C13H21N3O/c1-10-6-5-7-11(8-10)15-12(17)16(4)13(2,3)9-14/h5-8H,9,14H2,1-4H3,(H,15,17). The lowest BCUT2D eigenvalue weighted by Crippen LogP contribution is -2.51. The number of hydrogen-bond donors (Lipinski definition) is 2. The molecule has 0 aliphatic rings. The van der Waals surface area contributed by atoms with Crippen LogP contribution in [0.1, 0.15) is 19.4 Å². The summed E-state index contributed by atoms with van der Waals surface area (Å²) >= 11 is 0. The second-order valence-corrected chi connectivity index (χ2v) is 4.88. The molecule has 3 N–H and O–H groups in total. The van der Waals surface area contributed by atoms with Gasteiger partial charge < -0.3 is 16.0 Å². The normalized spacial score (nSPS) is 11.1. The van der Waals surface area contributed by atoms with Crippen molar-refractivity contribution in [2.75, 3.05) is 18.9 Å². The molecular formula is C13H21N3O. The second-order valence-electron chi connectivity index (χ2n) is 4.88. The Morgan fingerprint density at radius 2 is 2.12 bits per heavy atom. The van der Waals surface area contributed by atoms with E-state index in [-0.39, 0.29) is 11.6 Å². The van der Waals surface area contributed by atoms with E-state index in [1.807, 2.05) is 45.0 Å². The third-order valence-corrected chi connectivity index (χ3v) is 2.98. The monoisotopic (exact) mass is 235 g/mol. The molecule has 0 saturated heterocycles. The van der Waals surface area contributed by atoms with Gasteiger partial charge in [-0.2, -0.15) is 0 Å². The summed E-state index contributed by atoms with van der Waals surface area (Å²) in [4.78, 5) is 13.6. The summed E-state index contributed by atoms with van der Waals surface area (Å²) in [5.41, 5.74) is 7.20. The highest BCUT2D eigenvalue weighted by molar-refractivity contribution is 5.89. The molecule has 0 aliphatic heterocycles. The van der Waals surface area contributed by atoms with Gasteiger partial charge in [0.05, 0.1) is 5.54 Å². The van der Waals surface area contributed by atoms with E-state index in [9.17, 15) is 4.79 Å². The van der Waals surface area contributed by atoms with Crippen LogP contribution in [0.5, 0.6) is 0 Å². The van der Waals surface area contributed by atoms with Crippen molar-refractivity contribution < 1.29 is 4.79 Å². The number of carbonyl (C=O) groups excluding carboxylic acids is 1. The molecule has 0 fully saturated rings. The van der Waals surface area contributed by atoms with E-state index in [4.69, 9.17) is 5.73 Å². The van der Waals surface area contributed by atoms with Gasteiger partial charge in [-0.15, -0.1) is 0 Å². The third-order valence-electron chi connectivity index (χ3n) is 2.98. The quantitative estimate of drug-likeness (QED) is 0.843. The fourth-order valence-electron chi connectivity index (χ4n) is 1.34. The smallest absolute Gasteiger partial charge is 0.322 e. The molecule has 1 aromatic carbocycles. The molecule has 0 atom stereocenters. The number of nitrogens with one attached hydrogen (secondary N) is 1. The number of benzene rings is 1. The number of amides is 2. The van der Waals surface area contributed by atoms with Crippen molar-refractivity contribution in [1.82, 2.24) is 4.90 Å². The summed E-state index contributed by atoms with van der Waals surface area (Å²) in [6, 6.07) is 7.56. The molecule has 17 heavy (non-hydrogen) atoms. The van der Waals surface area contributed by atoms with Crippen molar-refractivity contribution in [3.8, 4) is 0 Å². The third kappa shape index (κ3) is 3.46. The summed E-state index contributed by atoms with van der Waals surface area (Å²) in [6.07, 6.45) is 0. The van der Waals surface area contributed by atoms with Crippen LogP contribution in [0.4, 0.5) is 10.5 Å². The summed E-state index contributed by atoms with van der Waals surface area (Å²) in [6.45, 7) is 6.28. The number of carbonyl (C=O) groups is 1. The maximum atomic E-state index is 12.0. The Morgan fingerprint density at radius 3 is 2.65 bits per heavy atom. The van der Waals surface area contributed by atoms with Gasteiger partial charge in [0.2, 0.25) is 0 Å². The predicted octanol–water partition coefficient (Wildman–Crippen LogP) is 2.20. The van der Waals surface area contributed by atoms with E-state index < -0.39 is 0 Å². The van der Waals surface area contributed by atoms with Crippen LogP contribution in [0.25, 0.3) is 0 Å². The van der Waals surface area contributed by atoms with Crippen LogP contribution in [0.3, 0.4) is 0 Å². The summed E-state index contributed by atoms with van der Waals surface area (Å²) in [5.74, 6) is 0. The number of likely N-dealkylation sites (N-methyl/N-ethyl adjacent to an activating group) is 1. The minimum Gasteiger partial charge on any atom is -0.328 e. The number of hydrogen-bond acceptors (Lipinski definition) is 2. The van der Waals surface area contributed by atoms with Crippen LogP contribution in [-0.4, -0.2) is 30.1 Å². The van der Waals surface area contributed by atoms with Crippen molar-refractivity contribution in [2.24, 2.45) is 5.73 Å². The van der Waals surface area contributed by atoms with Gasteiger partial charge in [-0.3, -0.25) is 0 Å². The van der Waals surface area contributed by atoms with Crippen LogP contribution in [-0.2, 0) is 0 Å². The zero-order valence-electron chi connectivity index (χ0n) is 10.9. The molecule has 0 bridgehead atoms. The first-order valence-electron chi connectivity index (χ1n) is 5.68. The summed E-state index contributed by atoms with van der Waals surface area (Å²) in [7, 11) is 1.75. The number of urea groups is 1. The van der Waals surface area contributed by atoms with Crippen molar-refractivity contribution in [3.05, 3.63) is 29.8 Å². The molecule has 2 amide bonds. The van der Waals surface area contributed by atoms with E-state index in [2.05, 4.69) is 5.32 Å². The minimum absolute atomic E-state index is 0.147. The fraction of sp³-hybridized carbons (Fsp3) is 0.462. The van der Waals surface area contributed by atoms with Gasteiger partial charge in [-0.05, 0) is 38.5 Å². The molecule has 0 aromatic heterocycles. The van der Waals surface area contributed by atoms with Crippen LogP contribution in [0.15, 0.2) is 24.3 Å². The second kappa shape index (κ2) is 5.19. The van der Waals surface area contributed by atoms with Gasteiger partial charge in [-0.25, -0.2) is 4.79 Å². The molecule has 4 heteroatoms. The predicted molar refractivity (Wildman–Crippen MR) is 71.1 cm³/mol. The van der Waals surface area contributed by atoms with Crippen LogP contribution < -0.4 is 11.1 Å². The Morgan fingerprint density at radius 1 is 1.47 bits per heavy atom. The highest BCUT2D eigenvalue weighted by Gasteiger charge is 2.25. The van der Waals surface area contributed by atoms with Gasteiger partial charge in [0.1, 0.15) is 0 Å². The number of rotatable bonds is 3. The Balaban J connectivity index is 2.73. The fourth-order valence-corrected chi connectivity index (χ4v) is 1.34. The maximum Gasteiger partial charge on any atom is 0.322 e. The van der Waals surface area contributed by atoms with Gasteiger partial charge in [0.25, 0.3) is 0 Å². The lowest BCUT2D eigenvalue weighted by atomic mass is 10.1. The molecule has 0 heterocycles. The zero-order valence-corrected chi connectivity index (χ0v) is 10.9. The molecule has 0 saturated carbocycles. The first kappa shape index (κ1) is 13.5. The first-order chi connectivity index (χ1) is 7.86. The van der Waals surface area contributed by atoms with Crippen molar-refractivity contribution in [1.29, 1.82) is 0 Å². The number of nitrogens with two attached hydrogens (primary N) is 1. The molecule has 0 unspecified atom stereocenters. The van der Waals surface area contributed by atoms with Crippen LogP contribution in [0.2, 0.25) is 0 Å². The Labute approximate surface area is 103 Å². The van der Waals surface area contributed by atoms with E-state index in [1.54, 1.807) is 11.9 Å². The summed E-state index contributed by atoms with van der Waals surface area (Å²) in [5, 5.41) is 2.85. The first-order valence-corrected chi connectivity index (χ1v) is 5.68. The van der Waals surface area contributed by atoms with Gasteiger partial charge in [0, 0.05) is 19.3 Å². The molecular weight excluding hydrogens is 214 g/mol. The number of anilines is 1. The lowest BCUT2D eigenvalue weighted by Gasteiger charge is -2.34. The Hall–Kier alpha value is -1.55. The molecule has 0 aliphatic carbocycles. The largest absolute Gasteiger partial charge is 0.328 e. The lowest BCUT2D eigenvalue weighted by molar-refractivity contribution is 0.172. The van der Waals surface area contributed by atoms with Crippen LogP contribution >= 0.6 is 0 Å². The Bertz CT molecular complexity index is 401. The van der Waals surface area contributed by atoms with Crippen molar-refractivity contribution in [3.63, 3.8) is 0 Å². The Kier molecular flexibility index (Phi) is 4.12. The van der Waals surface area contributed by atoms with Gasteiger partial charge in [-0.1, -0.05) is 12.1 Å². The SMILES string of the molecule is Cc1cccc(NC(=O)N(C)C(C)(C)CN)c1. The van der Waals surface area contributed by atoms with Crippen molar-refractivity contribution in [2.45, 2.75) is 26.3 Å². The zero-order chi connectivity index (χ0) is 13.1. The molecule has 4 nitrogen and oxygen atoms in total. The van der Waals surface area contributed by atoms with Gasteiger partial charge >= 0.3 is 6.03 Å². The van der Waals surface area contributed by atoms with Gasteiger partial charge in [0.15, 0.2) is 0 Å². The molecule has 94 valence electrons. The number of nitrogens with zero attached hydrogens (tertiary/aromatic N) is 1. The molecule has 0 spiro atoms. The minimum atomic E-state index is -0.353. The molecule has 1 aromatic rings. The topological polar surface area (TPSA) is 58.4 Å².